The molecular formula is C12H13ClN2O3S. The molecule has 102 valence electrons. The fraction of sp³-hybridized carbons (Fsp3) is 0.417. The van der Waals surface area contributed by atoms with E-state index in [0.29, 0.717) is 10.7 Å². The molecule has 2 aliphatic rings. The van der Waals surface area contributed by atoms with Crippen LogP contribution >= 0.6 is 23.8 Å². The minimum atomic E-state index is -0.537. The van der Waals surface area contributed by atoms with Crippen LogP contribution in [0.4, 0.5) is 0 Å². The Morgan fingerprint density at radius 3 is 2.84 bits per heavy atom. The van der Waals surface area contributed by atoms with Crippen molar-refractivity contribution in [2.75, 3.05) is 20.8 Å². The first-order valence-corrected chi connectivity index (χ1v) is 6.40. The van der Waals surface area contributed by atoms with Gasteiger partial charge in [-0.2, -0.15) is 0 Å². The summed E-state index contributed by atoms with van der Waals surface area (Å²) in [4.78, 5) is 18.0. The Labute approximate surface area is 121 Å². The molecule has 1 atom stereocenters. The zero-order valence-electron chi connectivity index (χ0n) is 10.5. The molecule has 1 aliphatic heterocycles. The Bertz CT molecular complexity index is 497. The van der Waals surface area contributed by atoms with Gasteiger partial charge in [-0.25, -0.2) is 4.99 Å². The van der Waals surface area contributed by atoms with Crippen molar-refractivity contribution in [1.29, 1.82) is 0 Å². The zero-order valence-corrected chi connectivity index (χ0v) is 12.1. The molecule has 0 aromatic heterocycles. The number of allylic oxidation sites excluding steroid dienone is 3. The maximum atomic E-state index is 12.4. The van der Waals surface area contributed by atoms with Crippen molar-refractivity contribution in [3.8, 4) is 0 Å². The minimum absolute atomic E-state index is 0.147. The monoisotopic (exact) mass is 300 g/mol. The second-order valence-electron chi connectivity index (χ2n) is 4.04. The molecule has 0 bridgehead atoms. The van der Waals surface area contributed by atoms with Gasteiger partial charge in [-0.1, -0.05) is 17.7 Å². The van der Waals surface area contributed by atoms with E-state index in [1.165, 1.54) is 19.1 Å². The largest absolute Gasteiger partial charge is 0.354 e. The Kier molecular flexibility index (Phi) is 4.46. The molecule has 0 aromatic rings. The summed E-state index contributed by atoms with van der Waals surface area (Å²) in [6.07, 6.45) is 4.51. The summed E-state index contributed by atoms with van der Waals surface area (Å²) >= 11 is 11.0. The number of carbonyl (C=O) groups is 1. The van der Waals surface area contributed by atoms with Gasteiger partial charge < -0.3 is 9.47 Å². The first kappa shape index (κ1) is 14.3. The third kappa shape index (κ3) is 2.92. The second kappa shape index (κ2) is 5.92. The van der Waals surface area contributed by atoms with Crippen LogP contribution in [-0.2, 0) is 14.3 Å². The standard InChI is InChI=1S/C12H13ClN2O3S/c1-17-10(18-2)6-15-11(16)8-4-3-7(13)5-9(8)14-12(15)19/h3-5,8,10H,6H2,1-2H3. The first-order chi connectivity index (χ1) is 9.06. The topological polar surface area (TPSA) is 51.1 Å². The molecule has 1 aliphatic carbocycles. The molecule has 19 heavy (non-hydrogen) atoms. The fourth-order valence-electron chi connectivity index (χ4n) is 1.87. The van der Waals surface area contributed by atoms with Gasteiger partial charge >= 0.3 is 0 Å². The van der Waals surface area contributed by atoms with E-state index in [1.807, 2.05) is 0 Å². The molecule has 0 radical (unpaired) electrons. The van der Waals surface area contributed by atoms with E-state index in [4.69, 9.17) is 33.3 Å². The van der Waals surface area contributed by atoms with Crippen molar-refractivity contribution >= 4 is 40.6 Å². The van der Waals surface area contributed by atoms with Crippen LogP contribution in [0.3, 0.4) is 0 Å². The number of carbonyl (C=O) groups excluding carboxylic acids is 1. The normalized spacial score (nSPS) is 22.5. The molecule has 1 amide bonds. The van der Waals surface area contributed by atoms with Crippen LogP contribution in [0.2, 0.25) is 0 Å². The van der Waals surface area contributed by atoms with Crippen LogP contribution in [0.5, 0.6) is 0 Å². The summed E-state index contributed by atoms with van der Waals surface area (Å²) in [6.45, 7) is 0.212. The van der Waals surface area contributed by atoms with Crippen LogP contribution < -0.4 is 0 Å². The molecule has 0 N–H and O–H groups in total. The maximum Gasteiger partial charge on any atom is 0.241 e. The summed E-state index contributed by atoms with van der Waals surface area (Å²) in [6, 6.07) is 0. The molecule has 2 rings (SSSR count). The van der Waals surface area contributed by atoms with Crippen LogP contribution in [0.1, 0.15) is 0 Å². The quantitative estimate of drug-likeness (QED) is 0.583. The highest BCUT2D eigenvalue weighted by Crippen LogP contribution is 2.23. The van der Waals surface area contributed by atoms with Crippen molar-refractivity contribution in [2.45, 2.75) is 6.29 Å². The van der Waals surface area contributed by atoms with E-state index in [9.17, 15) is 4.79 Å². The van der Waals surface area contributed by atoms with Gasteiger partial charge in [0.2, 0.25) is 11.0 Å². The number of hydrogen-bond acceptors (Lipinski definition) is 4. The first-order valence-electron chi connectivity index (χ1n) is 5.61. The van der Waals surface area contributed by atoms with Gasteiger partial charge in [0.05, 0.1) is 18.2 Å². The number of methoxy groups -OCH3 is 2. The van der Waals surface area contributed by atoms with Gasteiger partial charge in [-0.05, 0) is 24.4 Å². The van der Waals surface area contributed by atoms with Crippen molar-refractivity contribution < 1.29 is 14.3 Å². The van der Waals surface area contributed by atoms with Gasteiger partial charge in [-0.15, -0.1) is 0 Å². The molecule has 0 saturated heterocycles. The number of hydrogen-bond donors (Lipinski definition) is 0. The van der Waals surface area contributed by atoms with Crippen LogP contribution in [0.25, 0.3) is 0 Å². The third-order valence-corrected chi connectivity index (χ3v) is 3.44. The number of halogens is 1. The van der Waals surface area contributed by atoms with Gasteiger partial charge in [-0.3, -0.25) is 9.69 Å². The number of fused-ring (bicyclic) bond motifs is 1. The van der Waals surface area contributed by atoms with E-state index in [-0.39, 0.29) is 17.6 Å². The fourth-order valence-corrected chi connectivity index (χ4v) is 2.33. The summed E-state index contributed by atoms with van der Waals surface area (Å²) in [5.41, 5.74) is 0.574. The van der Waals surface area contributed by atoms with Crippen molar-refractivity contribution in [3.63, 3.8) is 0 Å². The van der Waals surface area contributed by atoms with Crippen LogP contribution in [0.15, 0.2) is 28.3 Å². The summed E-state index contributed by atoms with van der Waals surface area (Å²) in [7, 11) is 3.01. The van der Waals surface area contributed by atoms with Crippen LogP contribution in [0, 0.1) is 5.92 Å². The van der Waals surface area contributed by atoms with Crippen molar-refractivity contribution in [2.24, 2.45) is 10.9 Å². The molecule has 0 fully saturated rings. The van der Waals surface area contributed by atoms with E-state index < -0.39 is 12.2 Å². The predicted octanol–water partition coefficient (Wildman–Crippen LogP) is 1.48. The summed E-state index contributed by atoms with van der Waals surface area (Å²) in [5, 5.41) is 0.733. The number of rotatable bonds is 4. The molecule has 7 heteroatoms. The van der Waals surface area contributed by atoms with E-state index in [0.717, 1.165) is 0 Å². The minimum Gasteiger partial charge on any atom is -0.354 e. The smallest absolute Gasteiger partial charge is 0.241 e. The van der Waals surface area contributed by atoms with E-state index in [2.05, 4.69) is 4.99 Å². The van der Waals surface area contributed by atoms with Crippen LogP contribution in [-0.4, -0.2) is 48.7 Å². The molecule has 1 unspecified atom stereocenters. The maximum absolute atomic E-state index is 12.4. The van der Waals surface area contributed by atoms with Crippen molar-refractivity contribution in [3.05, 3.63) is 23.3 Å². The zero-order chi connectivity index (χ0) is 14.0. The number of nitrogens with zero attached hydrogens (tertiary/aromatic N) is 2. The lowest BCUT2D eigenvalue weighted by atomic mass is 9.95. The lowest BCUT2D eigenvalue weighted by molar-refractivity contribution is -0.139. The van der Waals surface area contributed by atoms with Gasteiger partial charge in [0.25, 0.3) is 0 Å². The summed E-state index contributed by atoms with van der Waals surface area (Å²) < 4.78 is 10.2. The predicted molar refractivity (Wildman–Crippen MR) is 76.1 cm³/mol. The Morgan fingerprint density at radius 2 is 2.21 bits per heavy atom. The van der Waals surface area contributed by atoms with E-state index >= 15 is 0 Å². The molecule has 0 aromatic carbocycles. The average molecular weight is 301 g/mol. The number of amides is 1. The summed E-state index contributed by atoms with van der Waals surface area (Å²) in [5.74, 6) is -0.589. The highest BCUT2D eigenvalue weighted by atomic mass is 35.5. The molecular weight excluding hydrogens is 288 g/mol. The van der Waals surface area contributed by atoms with E-state index in [1.54, 1.807) is 18.2 Å². The Balaban J connectivity index is 2.23. The average Bonchev–Trinajstić information content (AvgIpc) is 2.38. The third-order valence-electron chi connectivity index (χ3n) is 2.90. The Hall–Kier alpha value is -1.08. The Morgan fingerprint density at radius 1 is 1.53 bits per heavy atom. The second-order valence-corrected chi connectivity index (χ2v) is 4.84. The van der Waals surface area contributed by atoms with Gasteiger partial charge in [0, 0.05) is 19.3 Å². The highest BCUT2D eigenvalue weighted by molar-refractivity contribution is 7.80. The van der Waals surface area contributed by atoms with Crippen molar-refractivity contribution in [1.82, 2.24) is 4.90 Å². The molecule has 0 spiro atoms. The molecule has 0 saturated carbocycles. The van der Waals surface area contributed by atoms with Gasteiger partial charge in [0.1, 0.15) is 0 Å². The van der Waals surface area contributed by atoms with Gasteiger partial charge in [0.15, 0.2) is 6.29 Å². The lowest BCUT2D eigenvalue weighted by Gasteiger charge is -2.32. The highest BCUT2D eigenvalue weighted by Gasteiger charge is 2.35. The molecule has 1 heterocycles. The number of ether oxygens (including phenoxy) is 2. The number of aliphatic imine (C=N–C) groups is 1. The lowest BCUT2D eigenvalue weighted by Crippen LogP contribution is -2.49. The number of thiocarbonyl (C=S) groups is 1. The SMILES string of the molecule is COC(CN1C(=O)C2C=CC(Cl)=CC2=NC1=S)OC. The molecule has 5 nitrogen and oxygen atoms in total.